The predicted octanol–water partition coefficient (Wildman–Crippen LogP) is 4.45. The van der Waals surface area contributed by atoms with Crippen LogP contribution in [0, 0.1) is 5.41 Å². The highest BCUT2D eigenvalue weighted by molar-refractivity contribution is 9.10. The number of hydrogen-bond acceptors (Lipinski definition) is 2. The first-order valence-electron chi connectivity index (χ1n) is 6.77. The number of hydrogen-bond donors (Lipinski definition) is 2. The molecule has 0 radical (unpaired) electrons. The Bertz CT molecular complexity index is 490. The smallest absolute Gasteiger partial charge is 0.335 e. The number of benzene rings is 1. The van der Waals surface area contributed by atoms with Gasteiger partial charge >= 0.3 is 5.97 Å². The van der Waals surface area contributed by atoms with Crippen molar-refractivity contribution in [3.63, 3.8) is 0 Å². The average Bonchev–Trinajstić information content (AvgIpc) is 2.23. The fourth-order valence-electron chi connectivity index (χ4n) is 2.55. The molecule has 1 aromatic carbocycles. The van der Waals surface area contributed by atoms with Crippen LogP contribution >= 0.6 is 15.9 Å². The minimum atomic E-state index is -0.904. The molecule has 4 heteroatoms. The minimum Gasteiger partial charge on any atom is -0.478 e. The largest absolute Gasteiger partial charge is 0.478 e. The maximum absolute atomic E-state index is 10.9. The van der Waals surface area contributed by atoms with Crippen molar-refractivity contribution in [3.8, 4) is 0 Å². The third-order valence-electron chi connectivity index (χ3n) is 3.03. The molecule has 0 spiro atoms. The second-order valence-corrected chi connectivity index (χ2v) is 7.94. The molecule has 0 heterocycles. The maximum atomic E-state index is 10.9. The van der Waals surface area contributed by atoms with Crippen molar-refractivity contribution >= 4 is 21.9 Å². The van der Waals surface area contributed by atoms with Crippen LogP contribution in [0.3, 0.4) is 0 Å². The van der Waals surface area contributed by atoms with Gasteiger partial charge < -0.3 is 10.4 Å². The molecule has 0 aliphatic carbocycles. The van der Waals surface area contributed by atoms with Crippen LogP contribution in [0.4, 0.5) is 0 Å². The predicted molar refractivity (Wildman–Crippen MR) is 86.1 cm³/mol. The topological polar surface area (TPSA) is 49.3 Å². The van der Waals surface area contributed by atoms with Gasteiger partial charge in [-0.05, 0) is 43.4 Å². The standard InChI is InChI=1S/C16H24BrNO2/c1-15(2,3)10-16(4,5)18-9-12-7-6-11(14(19)20)8-13(12)17/h6-8,18H,9-10H2,1-5H3,(H,19,20). The van der Waals surface area contributed by atoms with E-state index in [2.05, 4.69) is 55.9 Å². The fourth-order valence-corrected chi connectivity index (χ4v) is 3.07. The molecule has 0 aliphatic heterocycles. The molecule has 0 fully saturated rings. The van der Waals surface area contributed by atoms with Gasteiger partial charge in [-0.2, -0.15) is 0 Å². The Morgan fingerprint density at radius 1 is 1.25 bits per heavy atom. The highest BCUT2D eigenvalue weighted by Crippen LogP contribution is 2.27. The molecule has 0 aliphatic rings. The van der Waals surface area contributed by atoms with Gasteiger partial charge in [0, 0.05) is 16.6 Å². The van der Waals surface area contributed by atoms with E-state index in [1.54, 1.807) is 12.1 Å². The van der Waals surface area contributed by atoms with Gasteiger partial charge in [0.15, 0.2) is 0 Å². The lowest BCUT2D eigenvalue weighted by Gasteiger charge is -2.33. The molecule has 20 heavy (non-hydrogen) atoms. The zero-order valence-electron chi connectivity index (χ0n) is 12.9. The van der Waals surface area contributed by atoms with E-state index in [1.165, 1.54) is 0 Å². The Labute approximate surface area is 129 Å². The monoisotopic (exact) mass is 341 g/mol. The molecule has 1 rings (SSSR count). The molecule has 0 aromatic heterocycles. The Morgan fingerprint density at radius 2 is 1.85 bits per heavy atom. The third-order valence-corrected chi connectivity index (χ3v) is 3.77. The van der Waals surface area contributed by atoms with E-state index in [0.29, 0.717) is 12.1 Å². The summed E-state index contributed by atoms with van der Waals surface area (Å²) < 4.78 is 0.830. The molecule has 0 amide bonds. The van der Waals surface area contributed by atoms with E-state index in [0.717, 1.165) is 16.5 Å². The normalized spacial score (nSPS) is 12.5. The van der Waals surface area contributed by atoms with Gasteiger partial charge in [0.25, 0.3) is 0 Å². The highest BCUT2D eigenvalue weighted by atomic mass is 79.9. The number of carboxylic acids is 1. The van der Waals surface area contributed by atoms with E-state index in [4.69, 9.17) is 5.11 Å². The van der Waals surface area contributed by atoms with Gasteiger partial charge in [-0.1, -0.05) is 42.8 Å². The van der Waals surface area contributed by atoms with Gasteiger partial charge in [0.2, 0.25) is 0 Å². The highest BCUT2D eigenvalue weighted by Gasteiger charge is 2.24. The van der Waals surface area contributed by atoms with Gasteiger partial charge in [-0.3, -0.25) is 0 Å². The molecule has 0 bridgehead atoms. The van der Waals surface area contributed by atoms with Crippen LogP contribution in [0.1, 0.15) is 57.0 Å². The third kappa shape index (κ3) is 5.63. The van der Waals surface area contributed by atoms with Crippen LogP contribution in [0.15, 0.2) is 22.7 Å². The molecule has 2 N–H and O–H groups in total. The zero-order chi connectivity index (χ0) is 15.6. The lowest BCUT2D eigenvalue weighted by Crippen LogP contribution is -2.41. The van der Waals surface area contributed by atoms with Gasteiger partial charge in [-0.15, -0.1) is 0 Å². The van der Waals surface area contributed by atoms with Crippen molar-refractivity contribution in [1.29, 1.82) is 0 Å². The molecule has 0 atom stereocenters. The summed E-state index contributed by atoms with van der Waals surface area (Å²) in [7, 11) is 0. The summed E-state index contributed by atoms with van der Waals surface area (Å²) in [4.78, 5) is 10.9. The summed E-state index contributed by atoms with van der Waals surface area (Å²) in [5.74, 6) is -0.904. The quantitative estimate of drug-likeness (QED) is 0.831. The van der Waals surface area contributed by atoms with Crippen LogP contribution < -0.4 is 5.32 Å². The van der Waals surface area contributed by atoms with Crippen LogP contribution in [-0.2, 0) is 6.54 Å². The molecular weight excluding hydrogens is 318 g/mol. The van der Waals surface area contributed by atoms with E-state index >= 15 is 0 Å². The summed E-state index contributed by atoms with van der Waals surface area (Å²) >= 11 is 3.44. The number of nitrogens with one attached hydrogen (secondary N) is 1. The molecule has 0 saturated heterocycles. The van der Waals surface area contributed by atoms with Crippen LogP contribution in [0.25, 0.3) is 0 Å². The number of halogens is 1. The number of carbonyl (C=O) groups is 1. The van der Waals surface area contributed by atoms with Crippen molar-refractivity contribution in [2.45, 2.75) is 53.1 Å². The molecule has 3 nitrogen and oxygen atoms in total. The lowest BCUT2D eigenvalue weighted by atomic mass is 9.82. The van der Waals surface area contributed by atoms with Gasteiger partial charge in [0.1, 0.15) is 0 Å². The minimum absolute atomic E-state index is 0.0309. The molecule has 1 aromatic rings. The van der Waals surface area contributed by atoms with Crippen molar-refractivity contribution in [2.24, 2.45) is 5.41 Å². The van der Waals surface area contributed by atoms with Crippen LogP contribution in [0.5, 0.6) is 0 Å². The van der Waals surface area contributed by atoms with Crippen molar-refractivity contribution in [3.05, 3.63) is 33.8 Å². The number of rotatable bonds is 5. The molecular formula is C16H24BrNO2. The Balaban J connectivity index is 2.73. The molecule has 0 unspecified atom stereocenters. The first-order valence-corrected chi connectivity index (χ1v) is 7.56. The second kappa shape index (κ2) is 6.27. The molecule has 0 saturated carbocycles. The first kappa shape index (κ1) is 17.2. The van der Waals surface area contributed by atoms with Crippen molar-refractivity contribution in [1.82, 2.24) is 5.32 Å². The maximum Gasteiger partial charge on any atom is 0.335 e. The number of aromatic carboxylic acids is 1. The SMILES string of the molecule is CC(C)(C)CC(C)(C)NCc1ccc(C(=O)O)cc1Br. The number of carboxylic acid groups (broad SMARTS) is 1. The summed E-state index contributed by atoms with van der Waals surface area (Å²) in [5.41, 5.74) is 1.66. The Hall–Kier alpha value is -0.870. The van der Waals surface area contributed by atoms with E-state index in [9.17, 15) is 4.79 Å². The van der Waals surface area contributed by atoms with Gasteiger partial charge in [-0.25, -0.2) is 4.79 Å². The van der Waals surface area contributed by atoms with Crippen LogP contribution in [-0.4, -0.2) is 16.6 Å². The lowest BCUT2D eigenvalue weighted by molar-refractivity contribution is 0.0696. The van der Waals surface area contributed by atoms with E-state index < -0.39 is 5.97 Å². The summed E-state index contributed by atoms with van der Waals surface area (Å²) in [6.07, 6.45) is 1.06. The summed E-state index contributed by atoms with van der Waals surface area (Å²) in [6.45, 7) is 11.8. The Kier molecular flexibility index (Phi) is 5.39. The Morgan fingerprint density at radius 3 is 2.30 bits per heavy atom. The first-order chi connectivity index (χ1) is 9.00. The van der Waals surface area contributed by atoms with Crippen molar-refractivity contribution in [2.75, 3.05) is 0 Å². The summed E-state index contributed by atoms with van der Waals surface area (Å²) in [6, 6.07) is 5.14. The van der Waals surface area contributed by atoms with Gasteiger partial charge in [0.05, 0.1) is 5.56 Å². The van der Waals surface area contributed by atoms with Crippen LogP contribution in [0.2, 0.25) is 0 Å². The van der Waals surface area contributed by atoms with Crippen molar-refractivity contribution < 1.29 is 9.90 Å². The average molecular weight is 342 g/mol. The second-order valence-electron chi connectivity index (χ2n) is 7.09. The van der Waals surface area contributed by atoms with E-state index in [1.807, 2.05) is 6.07 Å². The summed E-state index contributed by atoms with van der Waals surface area (Å²) in [5, 5.41) is 12.5. The fraction of sp³-hybridized carbons (Fsp3) is 0.562. The van der Waals surface area contributed by atoms with E-state index in [-0.39, 0.29) is 11.0 Å². The molecule has 112 valence electrons. The zero-order valence-corrected chi connectivity index (χ0v) is 14.5.